The van der Waals surface area contributed by atoms with Crippen LogP contribution in [-0.2, 0) is 6.54 Å². The molecule has 1 unspecified atom stereocenters. The molecule has 88 valence electrons. The van der Waals surface area contributed by atoms with Crippen LogP contribution in [0.25, 0.3) is 0 Å². The van der Waals surface area contributed by atoms with Crippen LogP contribution in [0.5, 0.6) is 11.5 Å². The number of hydrogen-bond acceptors (Lipinski definition) is 4. The lowest BCUT2D eigenvalue weighted by Crippen LogP contribution is -2.22. The molecule has 1 aliphatic rings. The third-order valence-corrected chi connectivity index (χ3v) is 3.15. The fourth-order valence-electron chi connectivity index (χ4n) is 2.17. The lowest BCUT2D eigenvalue weighted by Gasteiger charge is -2.15. The van der Waals surface area contributed by atoms with E-state index >= 15 is 0 Å². The van der Waals surface area contributed by atoms with Crippen LogP contribution in [0.3, 0.4) is 0 Å². The number of likely N-dealkylation sites (tertiary alicyclic amines) is 1. The van der Waals surface area contributed by atoms with Gasteiger partial charge in [0.2, 0.25) is 0 Å². The maximum absolute atomic E-state index is 9.38. The summed E-state index contributed by atoms with van der Waals surface area (Å²) in [5.74, 6) is 0.489. The predicted octanol–water partition coefficient (Wildman–Crippen LogP) is 0.878. The van der Waals surface area contributed by atoms with Crippen LogP contribution in [0.2, 0.25) is 0 Å². The number of hydrogen-bond donors (Lipinski definition) is 3. The SMILES string of the molecule is NCC1CCN(Cc2ccc(O)c(O)c2)C1. The molecule has 1 fully saturated rings. The van der Waals surface area contributed by atoms with Crippen molar-refractivity contribution >= 4 is 0 Å². The minimum Gasteiger partial charge on any atom is -0.504 e. The first kappa shape index (κ1) is 11.2. The Labute approximate surface area is 95.3 Å². The molecule has 0 bridgehead atoms. The van der Waals surface area contributed by atoms with Crippen LogP contribution in [0.4, 0.5) is 0 Å². The van der Waals surface area contributed by atoms with E-state index < -0.39 is 0 Å². The van der Waals surface area contributed by atoms with Gasteiger partial charge in [0.05, 0.1) is 0 Å². The molecule has 0 aromatic heterocycles. The molecular weight excluding hydrogens is 204 g/mol. The van der Waals surface area contributed by atoms with Crippen molar-refractivity contribution < 1.29 is 10.2 Å². The Balaban J connectivity index is 1.97. The summed E-state index contributed by atoms with van der Waals surface area (Å²) in [6, 6.07) is 4.98. The first-order chi connectivity index (χ1) is 7.69. The largest absolute Gasteiger partial charge is 0.504 e. The quantitative estimate of drug-likeness (QED) is 0.664. The average molecular weight is 222 g/mol. The number of benzene rings is 1. The molecule has 4 heteroatoms. The highest BCUT2D eigenvalue weighted by Gasteiger charge is 2.21. The third kappa shape index (κ3) is 2.46. The molecule has 0 radical (unpaired) electrons. The molecule has 1 aromatic rings. The topological polar surface area (TPSA) is 69.7 Å². The van der Waals surface area contributed by atoms with Gasteiger partial charge in [-0.15, -0.1) is 0 Å². The fraction of sp³-hybridized carbons (Fsp3) is 0.500. The first-order valence-corrected chi connectivity index (χ1v) is 5.62. The second-order valence-corrected chi connectivity index (χ2v) is 4.45. The number of nitrogens with two attached hydrogens (primary N) is 1. The number of phenols is 2. The molecule has 4 nitrogen and oxygen atoms in total. The van der Waals surface area contributed by atoms with Gasteiger partial charge in [0.15, 0.2) is 11.5 Å². The third-order valence-electron chi connectivity index (χ3n) is 3.15. The summed E-state index contributed by atoms with van der Waals surface area (Å²) in [4.78, 5) is 2.32. The van der Waals surface area contributed by atoms with Gasteiger partial charge in [-0.2, -0.15) is 0 Å². The maximum atomic E-state index is 9.38. The van der Waals surface area contributed by atoms with Gasteiger partial charge in [-0.1, -0.05) is 6.07 Å². The Bertz CT molecular complexity index is 368. The van der Waals surface area contributed by atoms with Gasteiger partial charge in [-0.05, 0) is 43.1 Å². The highest BCUT2D eigenvalue weighted by molar-refractivity contribution is 5.40. The molecule has 1 aromatic carbocycles. The lowest BCUT2D eigenvalue weighted by molar-refractivity contribution is 0.316. The van der Waals surface area contributed by atoms with Gasteiger partial charge in [-0.25, -0.2) is 0 Å². The molecule has 2 rings (SSSR count). The molecule has 1 heterocycles. The predicted molar refractivity (Wildman–Crippen MR) is 62.2 cm³/mol. The number of rotatable bonds is 3. The second-order valence-electron chi connectivity index (χ2n) is 4.45. The molecular formula is C12H18N2O2. The number of phenolic OH excluding ortho intramolecular Hbond substituents is 2. The van der Waals surface area contributed by atoms with Gasteiger partial charge in [0.1, 0.15) is 0 Å². The molecule has 0 spiro atoms. The molecule has 1 atom stereocenters. The molecule has 0 aliphatic carbocycles. The first-order valence-electron chi connectivity index (χ1n) is 5.62. The minimum atomic E-state index is -0.0648. The van der Waals surface area contributed by atoms with Crippen molar-refractivity contribution in [3.05, 3.63) is 23.8 Å². The summed E-state index contributed by atoms with van der Waals surface area (Å²) < 4.78 is 0. The molecule has 1 saturated heterocycles. The summed E-state index contributed by atoms with van der Waals surface area (Å²) in [6.07, 6.45) is 1.15. The van der Waals surface area contributed by atoms with Crippen molar-refractivity contribution in [1.82, 2.24) is 4.90 Å². The van der Waals surface area contributed by atoms with Crippen molar-refractivity contribution in [2.24, 2.45) is 11.7 Å². The summed E-state index contributed by atoms with van der Waals surface area (Å²) in [5, 5.41) is 18.6. The second kappa shape index (κ2) is 4.72. The molecule has 0 saturated carbocycles. The highest BCUT2D eigenvalue weighted by Crippen LogP contribution is 2.26. The van der Waals surface area contributed by atoms with Crippen molar-refractivity contribution in [3.8, 4) is 11.5 Å². The Hall–Kier alpha value is -1.26. The Morgan fingerprint density at radius 3 is 2.75 bits per heavy atom. The molecule has 1 aliphatic heterocycles. The molecule has 4 N–H and O–H groups in total. The van der Waals surface area contributed by atoms with E-state index in [1.165, 1.54) is 6.07 Å². The van der Waals surface area contributed by atoms with Crippen LogP contribution in [0, 0.1) is 5.92 Å². The average Bonchev–Trinajstić information content (AvgIpc) is 2.71. The van der Waals surface area contributed by atoms with Crippen molar-refractivity contribution in [2.45, 2.75) is 13.0 Å². The van der Waals surface area contributed by atoms with E-state index in [0.29, 0.717) is 5.92 Å². The molecule has 16 heavy (non-hydrogen) atoms. The minimum absolute atomic E-state index is 0.0490. The van der Waals surface area contributed by atoms with Crippen LogP contribution < -0.4 is 5.73 Å². The zero-order chi connectivity index (χ0) is 11.5. The monoisotopic (exact) mass is 222 g/mol. The van der Waals surface area contributed by atoms with Gasteiger partial charge < -0.3 is 15.9 Å². The van der Waals surface area contributed by atoms with Crippen molar-refractivity contribution in [3.63, 3.8) is 0 Å². The summed E-state index contributed by atoms with van der Waals surface area (Å²) in [5.41, 5.74) is 6.65. The zero-order valence-electron chi connectivity index (χ0n) is 9.26. The van der Waals surface area contributed by atoms with Crippen LogP contribution in [-0.4, -0.2) is 34.7 Å². The van der Waals surface area contributed by atoms with E-state index in [1.807, 2.05) is 6.07 Å². The van der Waals surface area contributed by atoms with E-state index in [0.717, 1.165) is 38.2 Å². The van der Waals surface area contributed by atoms with Crippen molar-refractivity contribution in [1.29, 1.82) is 0 Å². The van der Waals surface area contributed by atoms with Gasteiger partial charge in [0.25, 0.3) is 0 Å². The Morgan fingerprint density at radius 2 is 2.12 bits per heavy atom. The molecule has 0 amide bonds. The Kier molecular flexibility index (Phi) is 3.31. The van der Waals surface area contributed by atoms with Crippen molar-refractivity contribution in [2.75, 3.05) is 19.6 Å². The standard InChI is InChI=1S/C12H18N2O2/c13-6-10-3-4-14(8-10)7-9-1-2-11(15)12(16)5-9/h1-2,5,10,15-16H,3-4,6-8,13H2. The Morgan fingerprint density at radius 1 is 1.31 bits per heavy atom. The van der Waals surface area contributed by atoms with Gasteiger partial charge in [0, 0.05) is 13.1 Å². The fourth-order valence-corrected chi connectivity index (χ4v) is 2.17. The van der Waals surface area contributed by atoms with E-state index in [-0.39, 0.29) is 11.5 Å². The van der Waals surface area contributed by atoms with E-state index in [2.05, 4.69) is 4.90 Å². The van der Waals surface area contributed by atoms with E-state index in [1.54, 1.807) is 6.07 Å². The number of aromatic hydroxyl groups is 2. The van der Waals surface area contributed by atoms with E-state index in [4.69, 9.17) is 5.73 Å². The summed E-state index contributed by atoms with van der Waals surface area (Å²) in [7, 11) is 0. The van der Waals surface area contributed by atoms with Crippen LogP contribution >= 0.6 is 0 Å². The lowest BCUT2D eigenvalue weighted by atomic mass is 10.1. The van der Waals surface area contributed by atoms with Gasteiger partial charge in [-0.3, -0.25) is 4.90 Å². The highest BCUT2D eigenvalue weighted by atomic mass is 16.3. The van der Waals surface area contributed by atoms with Gasteiger partial charge >= 0.3 is 0 Å². The smallest absolute Gasteiger partial charge is 0.157 e. The number of nitrogens with zero attached hydrogens (tertiary/aromatic N) is 1. The zero-order valence-corrected chi connectivity index (χ0v) is 9.26. The van der Waals surface area contributed by atoms with Crippen LogP contribution in [0.15, 0.2) is 18.2 Å². The van der Waals surface area contributed by atoms with E-state index in [9.17, 15) is 10.2 Å². The van der Waals surface area contributed by atoms with Crippen LogP contribution in [0.1, 0.15) is 12.0 Å². The maximum Gasteiger partial charge on any atom is 0.157 e. The summed E-state index contributed by atoms with van der Waals surface area (Å²) >= 11 is 0. The summed E-state index contributed by atoms with van der Waals surface area (Å²) in [6.45, 7) is 3.64. The normalized spacial score (nSPS) is 21.4.